The van der Waals surface area contributed by atoms with E-state index in [0.717, 1.165) is 29.7 Å². The van der Waals surface area contributed by atoms with Crippen LogP contribution in [0.15, 0.2) is 85.3 Å². The van der Waals surface area contributed by atoms with Crippen LogP contribution in [-0.2, 0) is 6.54 Å². The Hall–Kier alpha value is -4.33. The number of piperidine rings is 1. The average Bonchev–Trinajstić information content (AvgIpc) is 3.23. The van der Waals surface area contributed by atoms with E-state index < -0.39 is 0 Å². The highest BCUT2D eigenvalue weighted by Gasteiger charge is 2.54. The van der Waals surface area contributed by atoms with Crippen molar-refractivity contribution in [3.63, 3.8) is 0 Å². The number of rotatable bonds is 5. The molecule has 3 atom stereocenters. The number of nitrogens with zero attached hydrogens (tertiary/aromatic N) is 6. The van der Waals surface area contributed by atoms with Gasteiger partial charge in [0.25, 0.3) is 5.91 Å². The van der Waals surface area contributed by atoms with Gasteiger partial charge in [-0.3, -0.25) is 18.9 Å². The molecule has 0 radical (unpaired) electrons. The van der Waals surface area contributed by atoms with Crippen molar-refractivity contribution in [2.45, 2.75) is 31.5 Å². The maximum absolute atomic E-state index is 14.1. The molecule has 178 valence electrons. The van der Waals surface area contributed by atoms with E-state index in [2.05, 4.69) is 10.1 Å². The summed E-state index contributed by atoms with van der Waals surface area (Å²) in [6.45, 7) is 0.591. The Labute approximate surface area is 206 Å². The first-order valence-electron chi connectivity index (χ1n) is 12.2. The molecule has 1 saturated carbocycles. The number of amides is 1. The lowest BCUT2D eigenvalue weighted by molar-refractivity contribution is 0.0677. The predicted octanol–water partition coefficient (Wildman–Crippen LogP) is 4.70. The van der Waals surface area contributed by atoms with E-state index in [-0.39, 0.29) is 23.8 Å². The molecular weight excluding hydrogens is 455 g/mol. The summed E-state index contributed by atoms with van der Waals surface area (Å²) in [5.74, 6) is 0.129. The third-order valence-electron chi connectivity index (χ3n) is 7.25. The lowest BCUT2D eigenvalue weighted by Gasteiger charge is -2.27. The molecule has 1 amide bonds. The standard InChI is InChI=1S/C28H23FN6O/c29-20-9-10-22(30-16-20)23-11-13-33(32-23)17-21-14-19-15-24(19)35(21)28(36)26-27(18-6-2-1-3-7-18)34-12-5-4-8-25(34)31-26/h1-13,16,19,21,24H,14-15,17H2/t19-,21+,24+/m1/s1. The van der Waals surface area contributed by atoms with Crippen molar-refractivity contribution in [1.82, 2.24) is 29.0 Å². The second kappa shape index (κ2) is 8.12. The van der Waals surface area contributed by atoms with E-state index in [1.807, 2.05) is 81.0 Å². The van der Waals surface area contributed by atoms with Crippen molar-refractivity contribution in [2.75, 3.05) is 0 Å². The van der Waals surface area contributed by atoms with Gasteiger partial charge in [-0.2, -0.15) is 5.10 Å². The third-order valence-corrected chi connectivity index (χ3v) is 7.25. The van der Waals surface area contributed by atoms with Crippen molar-refractivity contribution in [3.05, 3.63) is 96.8 Å². The minimum atomic E-state index is -0.376. The highest BCUT2D eigenvalue weighted by molar-refractivity contribution is 6.00. The zero-order valence-corrected chi connectivity index (χ0v) is 19.4. The van der Waals surface area contributed by atoms with Gasteiger partial charge < -0.3 is 4.90 Å². The molecule has 0 bridgehead atoms. The number of fused-ring (bicyclic) bond motifs is 2. The van der Waals surface area contributed by atoms with Crippen LogP contribution in [0.2, 0.25) is 0 Å². The van der Waals surface area contributed by atoms with Crippen molar-refractivity contribution in [1.29, 1.82) is 0 Å². The molecule has 7 nitrogen and oxygen atoms in total. The van der Waals surface area contributed by atoms with Gasteiger partial charge in [-0.15, -0.1) is 0 Å². The molecule has 1 aliphatic heterocycles. The number of benzene rings is 1. The molecule has 4 aromatic heterocycles. The summed E-state index contributed by atoms with van der Waals surface area (Å²) in [6.07, 6.45) is 7.04. The van der Waals surface area contributed by atoms with E-state index in [1.54, 1.807) is 6.07 Å². The normalized spacial score (nSPS) is 20.6. The number of hydrogen-bond acceptors (Lipinski definition) is 4. The largest absolute Gasteiger partial charge is 0.329 e. The first-order chi connectivity index (χ1) is 17.7. The van der Waals surface area contributed by atoms with Crippen LogP contribution in [0.4, 0.5) is 4.39 Å². The number of aromatic nitrogens is 5. The van der Waals surface area contributed by atoms with Crippen molar-refractivity contribution in [3.8, 4) is 22.6 Å². The molecule has 1 aromatic carbocycles. The fourth-order valence-electron chi connectivity index (χ4n) is 5.52. The molecule has 0 unspecified atom stereocenters. The summed E-state index contributed by atoms with van der Waals surface area (Å²) in [4.78, 5) is 25.0. The van der Waals surface area contributed by atoms with E-state index in [4.69, 9.17) is 4.98 Å². The van der Waals surface area contributed by atoms with Crippen LogP contribution < -0.4 is 0 Å². The van der Waals surface area contributed by atoms with Crippen molar-refractivity contribution in [2.24, 2.45) is 5.92 Å². The second-order valence-electron chi connectivity index (χ2n) is 9.55. The lowest BCUT2D eigenvalue weighted by Crippen LogP contribution is -2.41. The summed E-state index contributed by atoms with van der Waals surface area (Å²) in [6, 6.07) is 20.9. The fourth-order valence-corrected chi connectivity index (χ4v) is 5.52. The number of halogens is 1. The number of carbonyl (C=O) groups is 1. The Kier molecular flexibility index (Phi) is 4.73. The molecule has 0 spiro atoms. The van der Waals surface area contributed by atoms with Gasteiger partial charge >= 0.3 is 0 Å². The van der Waals surface area contributed by atoms with Gasteiger partial charge in [0.05, 0.1) is 30.2 Å². The molecule has 2 aliphatic rings. The van der Waals surface area contributed by atoms with E-state index in [9.17, 15) is 9.18 Å². The molecule has 5 heterocycles. The number of imidazole rings is 1. The SMILES string of the molecule is O=C(c1nc2ccccn2c1-c1ccccc1)N1[C@H](Cn2ccc(-c3ccc(F)cn3)n2)C[C@@H]2C[C@@H]21. The van der Waals surface area contributed by atoms with Gasteiger partial charge in [0, 0.05) is 24.0 Å². The molecule has 1 aliphatic carbocycles. The minimum absolute atomic E-state index is 0.0277. The van der Waals surface area contributed by atoms with Crippen LogP contribution in [0.1, 0.15) is 23.3 Å². The number of likely N-dealkylation sites (tertiary alicyclic amines) is 1. The van der Waals surface area contributed by atoms with Crippen LogP contribution in [0.25, 0.3) is 28.3 Å². The van der Waals surface area contributed by atoms with Crippen LogP contribution in [-0.4, -0.2) is 47.0 Å². The Bertz CT molecular complexity index is 1570. The Morgan fingerprint density at radius 3 is 2.64 bits per heavy atom. The first-order valence-corrected chi connectivity index (χ1v) is 12.2. The highest BCUT2D eigenvalue weighted by Crippen LogP contribution is 2.49. The maximum Gasteiger partial charge on any atom is 0.275 e. The smallest absolute Gasteiger partial charge is 0.275 e. The van der Waals surface area contributed by atoms with Gasteiger partial charge in [0.15, 0.2) is 5.69 Å². The quantitative estimate of drug-likeness (QED) is 0.367. The predicted molar refractivity (Wildman–Crippen MR) is 133 cm³/mol. The molecule has 5 aromatic rings. The molecule has 36 heavy (non-hydrogen) atoms. The first kappa shape index (κ1) is 21.0. The third kappa shape index (κ3) is 3.48. The van der Waals surface area contributed by atoms with Crippen molar-refractivity contribution < 1.29 is 9.18 Å². The van der Waals surface area contributed by atoms with Crippen LogP contribution in [0, 0.1) is 11.7 Å². The molecule has 2 fully saturated rings. The zero-order chi connectivity index (χ0) is 24.2. The number of pyridine rings is 2. The summed E-state index contributed by atoms with van der Waals surface area (Å²) < 4.78 is 17.1. The van der Waals surface area contributed by atoms with Crippen LogP contribution in [0.5, 0.6) is 0 Å². The topological polar surface area (TPSA) is 68.3 Å². The summed E-state index contributed by atoms with van der Waals surface area (Å²) in [7, 11) is 0. The minimum Gasteiger partial charge on any atom is -0.329 e. The fraction of sp³-hybridized carbons (Fsp3) is 0.214. The van der Waals surface area contributed by atoms with E-state index in [1.165, 1.54) is 12.3 Å². The van der Waals surface area contributed by atoms with Crippen LogP contribution >= 0.6 is 0 Å². The summed E-state index contributed by atoms with van der Waals surface area (Å²) in [5.41, 5.74) is 4.33. The Morgan fingerprint density at radius 2 is 1.81 bits per heavy atom. The Morgan fingerprint density at radius 1 is 0.944 bits per heavy atom. The number of hydrogen-bond donors (Lipinski definition) is 0. The van der Waals surface area contributed by atoms with E-state index in [0.29, 0.717) is 29.5 Å². The highest BCUT2D eigenvalue weighted by atomic mass is 19.1. The molecule has 0 N–H and O–H groups in total. The zero-order valence-electron chi connectivity index (χ0n) is 19.4. The molecular formula is C28H23FN6O. The van der Waals surface area contributed by atoms with Crippen LogP contribution in [0.3, 0.4) is 0 Å². The maximum atomic E-state index is 14.1. The average molecular weight is 479 g/mol. The Balaban J connectivity index is 1.21. The number of carbonyl (C=O) groups excluding carboxylic acids is 1. The lowest BCUT2D eigenvalue weighted by atomic mass is 10.1. The van der Waals surface area contributed by atoms with Gasteiger partial charge in [-0.1, -0.05) is 36.4 Å². The summed E-state index contributed by atoms with van der Waals surface area (Å²) >= 11 is 0. The second-order valence-corrected chi connectivity index (χ2v) is 9.55. The van der Waals surface area contributed by atoms with Gasteiger partial charge in [0.2, 0.25) is 0 Å². The monoisotopic (exact) mass is 478 g/mol. The van der Waals surface area contributed by atoms with Gasteiger partial charge in [-0.05, 0) is 49.1 Å². The van der Waals surface area contributed by atoms with Gasteiger partial charge in [-0.25, -0.2) is 9.37 Å². The summed E-state index contributed by atoms with van der Waals surface area (Å²) in [5, 5.41) is 4.65. The molecule has 7 rings (SSSR count). The molecule has 1 saturated heterocycles. The van der Waals surface area contributed by atoms with Crippen molar-refractivity contribution >= 4 is 11.6 Å². The van der Waals surface area contributed by atoms with Gasteiger partial charge in [0.1, 0.15) is 17.2 Å². The molecule has 8 heteroatoms. The van der Waals surface area contributed by atoms with E-state index >= 15 is 0 Å².